The zero-order chi connectivity index (χ0) is 47.8. The first-order chi connectivity index (χ1) is 27.8. The summed E-state index contributed by atoms with van der Waals surface area (Å²) in [5.74, 6) is 0.429. The molecule has 19 heteroatoms. The summed E-state index contributed by atoms with van der Waals surface area (Å²) in [6, 6.07) is -2.63. The smallest absolute Gasteiger partial charge is 0.245 e. The van der Waals surface area contributed by atoms with Gasteiger partial charge in [-0.2, -0.15) is 0 Å². The lowest BCUT2D eigenvalue weighted by Gasteiger charge is -2.43. The van der Waals surface area contributed by atoms with E-state index in [1.165, 1.54) is 9.80 Å². The molecule has 3 rings (SSSR count). The number of hydrogen-bond donors (Lipinski definition) is 0. The molecule has 3 aliphatic rings. The second-order valence-electron chi connectivity index (χ2n) is 18.5. The van der Waals surface area contributed by atoms with Crippen LogP contribution < -0.4 is 0 Å². The number of halogens is 7. The molecule has 0 aromatic carbocycles. The molecule has 12 nitrogen and oxygen atoms in total. The Labute approximate surface area is 408 Å². The lowest BCUT2D eigenvalue weighted by Crippen LogP contribution is -2.63. The first-order valence-electron chi connectivity index (χ1n) is 21.0. The Balaban J connectivity index is 0.000000893. The minimum absolute atomic E-state index is 0. The third kappa shape index (κ3) is 16.6. The maximum atomic E-state index is 12.5. The Bertz CT molecular complexity index is 1430. The highest BCUT2D eigenvalue weighted by atomic mass is 35.6. The summed E-state index contributed by atoms with van der Waals surface area (Å²) in [5.41, 5.74) is 0. The van der Waals surface area contributed by atoms with E-state index in [9.17, 15) is 28.8 Å². The van der Waals surface area contributed by atoms with E-state index in [0.717, 1.165) is 0 Å². The predicted octanol–water partition coefficient (Wildman–Crippen LogP) is 8.79. The van der Waals surface area contributed by atoms with Gasteiger partial charge in [0.1, 0.15) is 45.9 Å². The predicted molar refractivity (Wildman–Crippen MR) is 257 cm³/mol. The van der Waals surface area contributed by atoms with Crippen molar-refractivity contribution in [3.05, 3.63) is 0 Å². The highest BCUT2D eigenvalue weighted by Gasteiger charge is 2.46. The lowest BCUT2D eigenvalue weighted by molar-refractivity contribution is -0.159. The average molecular weight is 1020 g/mol. The molecule has 9 atom stereocenters. The standard InChI is InChI=1S/C14H23Cl3N2O2.2C14H24Cl2N2O2.CH4/c1-8(2)6-10-12(20)19(5)11(13(21)18(10)4)7-9(3)14(15,16)17;2*1-8(2)6-10-13(19)18(5)11(14(20)17(10)4)7-9(3)12(15)16;/h8-11H,6-7H2,1-5H3;2*8-12H,6-7H2,1-5H3;1H4/t3*9-,10-,11-;/m000./s1. The molecule has 0 aliphatic carbocycles. The van der Waals surface area contributed by atoms with Crippen molar-refractivity contribution in [2.75, 3.05) is 42.3 Å². The van der Waals surface area contributed by atoms with Crippen molar-refractivity contribution in [3.63, 3.8) is 0 Å². The molecule has 62 heavy (non-hydrogen) atoms. The van der Waals surface area contributed by atoms with E-state index in [4.69, 9.17) is 81.2 Å². The number of piperazine rings is 3. The van der Waals surface area contributed by atoms with Gasteiger partial charge in [0.2, 0.25) is 35.4 Å². The molecule has 3 saturated heterocycles. The van der Waals surface area contributed by atoms with E-state index >= 15 is 0 Å². The summed E-state index contributed by atoms with van der Waals surface area (Å²) < 4.78 is -1.45. The van der Waals surface area contributed by atoms with Gasteiger partial charge in [-0.25, -0.2) is 0 Å². The van der Waals surface area contributed by atoms with Gasteiger partial charge in [0.25, 0.3) is 0 Å². The fourth-order valence-electron chi connectivity index (χ4n) is 7.60. The van der Waals surface area contributed by atoms with Crippen molar-refractivity contribution in [3.8, 4) is 0 Å². The molecule has 3 heterocycles. The fourth-order valence-corrected chi connectivity index (χ4v) is 8.28. The molecule has 0 spiro atoms. The summed E-state index contributed by atoms with van der Waals surface area (Å²) in [6.07, 6.45) is 3.31. The minimum Gasteiger partial charge on any atom is -0.332 e. The van der Waals surface area contributed by atoms with Crippen LogP contribution in [0.2, 0.25) is 0 Å². The summed E-state index contributed by atoms with van der Waals surface area (Å²) in [6.45, 7) is 17.8. The normalized spacial score (nSPS) is 25.4. The monoisotopic (exact) mass is 1020 g/mol. The van der Waals surface area contributed by atoms with Gasteiger partial charge in [0.15, 0.2) is 3.79 Å². The summed E-state index contributed by atoms with van der Waals surface area (Å²) in [7, 11) is 10.1. The number of carbonyl (C=O) groups excluding carboxylic acids is 6. The molecule has 3 aliphatic heterocycles. The van der Waals surface area contributed by atoms with Gasteiger partial charge in [0, 0.05) is 48.2 Å². The van der Waals surface area contributed by atoms with Crippen molar-refractivity contribution in [1.82, 2.24) is 29.4 Å². The Hall–Kier alpha value is -1.15. The van der Waals surface area contributed by atoms with Gasteiger partial charge in [-0.15, -0.1) is 46.4 Å². The van der Waals surface area contributed by atoms with Crippen LogP contribution in [-0.2, 0) is 28.8 Å². The number of amides is 6. The van der Waals surface area contributed by atoms with Crippen LogP contribution in [0, 0.1) is 35.5 Å². The van der Waals surface area contributed by atoms with Crippen LogP contribution in [0.15, 0.2) is 0 Å². The second-order valence-corrected chi connectivity index (χ2v) is 23.1. The van der Waals surface area contributed by atoms with E-state index in [1.807, 2.05) is 55.4 Å². The quantitative estimate of drug-likeness (QED) is 0.161. The zero-order valence-corrected chi connectivity index (χ0v) is 43.9. The van der Waals surface area contributed by atoms with Gasteiger partial charge in [-0.05, 0) is 68.1 Å². The largest absolute Gasteiger partial charge is 0.332 e. The van der Waals surface area contributed by atoms with Crippen LogP contribution in [0.1, 0.15) is 108 Å². The van der Waals surface area contributed by atoms with Gasteiger partial charge >= 0.3 is 0 Å². The van der Waals surface area contributed by atoms with E-state index < -0.39 is 37.6 Å². The number of rotatable bonds is 14. The summed E-state index contributed by atoms with van der Waals surface area (Å²) in [5, 5.41) is 0. The van der Waals surface area contributed by atoms with Crippen molar-refractivity contribution >= 4 is 117 Å². The van der Waals surface area contributed by atoms with Crippen LogP contribution in [0.25, 0.3) is 0 Å². The minimum atomic E-state index is -1.45. The van der Waals surface area contributed by atoms with Crippen LogP contribution >= 0.6 is 81.2 Å². The van der Waals surface area contributed by atoms with Crippen molar-refractivity contribution in [1.29, 1.82) is 0 Å². The van der Waals surface area contributed by atoms with Crippen LogP contribution in [0.3, 0.4) is 0 Å². The fraction of sp³-hybridized carbons (Fsp3) is 0.860. The molecular weight excluding hydrogens is 945 g/mol. The second kappa shape index (κ2) is 26.3. The molecule has 3 fully saturated rings. The SMILES string of the molecule is C.CC(C)C[C@H]1C(=O)N(C)[C@@H](C[C@H](C)C(Cl)(Cl)Cl)C(=O)N1C.CC(C)C[C@H]1C(=O)N(C)[C@@H](C[C@H](C)C(Cl)Cl)C(=O)N1C.CC(C)C[C@H]1C(=O)N(C)[C@@H](C[C@H](C)C(Cl)Cl)C(=O)N1C. The van der Waals surface area contributed by atoms with Gasteiger partial charge in [0.05, 0.1) is 0 Å². The molecule has 0 saturated carbocycles. The highest BCUT2D eigenvalue weighted by Crippen LogP contribution is 2.39. The Morgan fingerprint density at radius 1 is 0.387 bits per heavy atom. The Morgan fingerprint density at radius 2 is 0.565 bits per heavy atom. The third-order valence-electron chi connectivity index (χ3n) is 11.9. The first-order valence-corrected chi connectivity index (χ1v) is 23.9. The number of alkyl halides is 7. The van der Waals surface area contributed by atoms with Gasteiger partial charge < -0.3 is 29.4 Å². The van der Waals surface area contributed by atoms with Crippen molar-refractivity contribution < 1.29 is 28.8 Å². The molecule has 0 unspecified atom stereocenters. The molecule has 0 radical (unpaired) electrons. The Kier molecular flexibility index (Phi) is 25.8. The molecule has 362 valence electrons. The summed E-state index contributed by atoms with van der Waals surface area (Å²) >= 11 is 41.0. The van der Waals surface area contributed by atoms with E-state index in [2.05, 4.69) is 0 Å². The third-order valence-corrected chi connectivity index (χ3v) is 14.7. The number of nitrogens with zero attached hydrogens (tertiary/aromatic N) is 6. The average Bonchev–Trinajstić information content (AvgIpc) is 3.15. The van der Waals surface area contributed by atoms with Crippen LogP contribution in [0.5, 0.6) is 0 Å². The molecule has 6 amide bonds. The number of likely N-dealkylation sites (N-methyl/N-ethyl adjacent to an activating group) is 6. The molecule has 0 aromatic rings. The number of hydrogen-bond acceptors (Lipinski definition) is 6. The Morgan fingerprint density at radius 3 is 0.726 bits per heavy atom. The van der Waals surface area contributed by atoms with E-state index in [-0.39, 0.29) is 72.7 Å². The summed E-state index contributed by atoms with van der Waals surface area (Å²) in [4.78, 5) is 83.1. The maximum Gasteiger partial charge on any atom is 0.245 e. The van der Waals surface area contributed by atoms with Crippen LogP contribution in [0.4, 0.5) is 0 Å². The van der Waals surface area contributed by atoms with E-state index in [0.29, 0.717) is 56.3 Å². The molecular formula is C43H75Cl7N6O6. The molecule has 0 bridgehead atoms. The molecule has 0 N–H and O–H groups in total. The maximum absolute atomic E-state index is 12.5. The molecule has 0 aromatic heterocycles. The van der Waals surface area contributed by atoms with Crippen molar-refractivity contribution in [2.45, 2.75) is 158 Å². The lowest BCUT2D eigenvalue weighted by atomic mass is 9.93. The number of carbonyl (C=O) groups is 6. The van der Waals surface area contributed by atoms with Gasteiger partial charge in [-0.1, -0.05) is 105 Å². The van der Waals surface area contributed by atoms with E-state index in [1.54, 1.807) is 68.8 Å². The highest BCUT2D eigenvalue weighted by molar-refractivity contribution is 6.67. The topological polar surface area (TPSA) is 122 Å². The van der Waals surface area contributed by atoms with Crippen LogP contribution in [-0.4, -0.2) is 157 Å². The van der Waals surface area contributed by atoms with Gasteiger partial charge in [-0.3, -0.25) is 28.8 Å². The van der Waals surface area contributed by atoms with Crippen molar-refractivity contribution in [2.24, 2.45) is 35.5 Å². The first kappa shape index (κ1) is 60.9. The zero-order valence-electron chi connectivity index (χ0n) is 38.6.